The molecule has 128 valence electrons. The normalized spacial score (nSPS) is 19.4. The molecule has 1 aromatic carbocycles. The van der Waals surface area contributed by atoms with Crippen LogP contribution >= 0.6 is 0 Å². The highest BCUT2D eigenvalue weighted by atomic mass is 16.6. The molecule has 0 amide bonds. The molecule has 0 N–H and O–H groups in total. The Morgan fingerprint density at radius 1 is 1.00 bits per heavy atom. The maximum absolute atomic E-state index is 11.5. The van der Waals surface area contributed by atoms with Gasteiger partial charge in [0.25, 0.3) is 0 Å². The molecule has 0 saturated carbocycles. The van der Waals surface area contributed by atoms with Crippen molar-refractivity contribution in [2.24, 2.45) is 0 Å². The fourth-order valence-electron chi connectivity index (χ4n) is 2.11. The zero-order valence-electron chi connectivity index (χ0n) is 13.7. The number of ether oxygens (including phenoxy) is 5. The second-order valence-corrected chi connectivity index (χ2v) is 4.96. The van der Waals surface area contributed by atoms with Gasteiger partial charge in [0.1, 0.15) is 18.5 Å². The Kier molecular flexibility index (Phi) is 7.32. The van der Waals surface area contributed by atoms with Gasteiger partial charge in [0.05, 0.1) is 26.4 Å². The standard InChI is InChI=1S/C17H24O6/c1-3-19-9-10-20-11-12-22-14-7-5-13(6-8-14)15-16(23-15)17(18)21-4-2/h5-8,15-16H,3-4,9-12H2,1-2H3/t15-,16?/m1/s1. The third-order valence-corrected chi connectivity index (χ3v) is 3.29. The number of epoxide rings is 1. The Balaban J connectivity index is 1.64. The van der Waals surface area contributed by atoms with Crippen LogP contribution in [0, 0.1) is 0 Å². The van der Waals surface area contributed by atoms with E-state index in [2.05, 4.69) is 0 Å². The topological polar surface area (TPSA) is 66.5 Å². The third kappa shape index (κ3) is 5.82. The smallest absolute Gasteiger partial charge is 0.338 e. The summed E-state index contributed by atoms with van der Waals surface area (Å²) in [5.41, 5.74) is 0.948. The lowest BCUT2D eigenvalue weighted by atomic mass is 10.1. The Hall–Kier alpha value is -1.63. The van der Waals surface area contributed by atoms with Gasteiger partial charge in [-0.1, -0.05) is 12.1 Å². The van der Waals surface area contributed by atoms with E-state index in [9.17, 15) is 4.79 Å². The van der Waals surface area contributed by atoms with Crippen molar-refractivity contribution in [3.05, 3.63) is 29.8 Å². The van der Waals surface area contributed by atoms with Crippen LogP contribution in [0.3, 0.4) is 0 Å². The van der Waals surface area contributed by atoms with Gasteiger partial charge in [0.2, 0.25) is 0 Å². The Morgan fingerprint density at radius 3 is 2.39 bits per heavy atom. The minimum atomic E-state index is -0.472. The van der Waals surface area contributed by atoms with E-state index >= 15 is 0 Å². The van der Waals surface area contributed by atoms with Gasteiger partial charge in [-0.05, 0) is 31.5 Å². The van der Waals surface area contributed by atoms with E-state index in [1.165, 1.54) is 0 Å². The summed E-state index contributed by atoms with van der Waals surface area (Å²) in [6, 6.07) is 7.52. The summed E-state index contributed by atoms with van der Waals surface area (Å²) in [5.74, 6) is 0.456. The minimum absolute atomic E-state index is 0.204. The molecule has 1 aliphatic rings. The van der Waals surface area contributed by atoms with Crippen molar-refractivity contribution in [3.8, 4) is 5.75 Å². The van der Waals surface area contributed by atoms with Crippen molar-refractivity contribution in [3.63, 3.8) is 0 Å². The molecule has 0 spiro atoms. The molecule has 0 bridgehead atoms. The molecular formula is C17H24O6. The first-order valence-electron chi connectivity index (χ1n) is 7.96. The van der Waals surface area contributed by atoms with E-state index in [4.69, 9.17) is 23.7 Å². The fraction of sp³-hybridized carbons (Fsp3) is 0.588. The van der Waals surface area contributed by atoms with Crippen LogP contribution in [-0.4, -0.2) is 51.7 Å². The molecule has 23 heavy (non-hydrogen) atoms. The van der Waals surface area contributed by atoms with Crippen molar-refractivity contribution in [1.82, 2.24) is 0 Å². The van der Waals surface area contributed by atoms with Crippen LogP contribution in [0.5, 0.6) is 5.75 Å². The van der Waals surface area contributed by atoms with Gasteiger partial charge in [0, 0.05) is 6.61 Å². The summed E-state index contributed by atoms with van der Waals surface area (Å²) >= 11 is 0. The van der Waals surface area contributed by atoms with E-state index < -0.39 is 6.10 Å². The summed E-state index contributed by atoms with van der Waals surface area (Å²) in [6.07, 6.45) is -0.676. The highest BCUT2D eigenvalue weighted by molar-refractivity contribution is 5.78. The lowest BCUT2D eigenvalue weighted by Gasteiger charge is -2.07. The zero-order chi connectivity index (χ0) is 16.5. The highest BCUT2D eigenvalue weighted by Gasteiger charge is 2.47. The van der Waals surface area contributed by atoms with Crippen molar-refractivity contribution in [2.75, 3.05) is 39.6 Å². The van der Waals surface area contributed by atoms with Gasteiger partial charge in [0.15, 0.2) is 6.10 Å². The van der Waals surface area contributed by atoms with Crippen LogP contribution in [0.1, 0.15) is 25.5 Å². The van der Waals surface area contributed by atoms with Crippen LogP contribution in [0.15, 0.2) is 24.3 Å². The first-order valence-corrected chi connectivity index (χ1v) is 7.96. The van der Waals surface area contributed by atoms with Gasteiger partial charge in [-0.2, -0.15) is 0 Å². The summed E-state index contributed by atoms with van der Waals surface area (Å²) in [4.78, 5) is 11.5. The first-order chi connectivity index (χ1) is 11.3. The Morgan fingerprint density at radius 2 is 1.70 bits per heavy atom. The second-order valence-electron chi connectivity index (χ2n) is 4.96. The second kappa shape index (κ2) is 9.50. The van der Waals surface area contributed by atoms with Crippen LogP contribution in [0.25, 0.3) is 0 Å². The molecule has 2 atom stereocenters. The summed E-state index contributed by atoms with van der Waals surface area (Å²) in [5, 5.41) is 0. The maximum Gasteiger partial charge on any atom is 0.338 e. The van der Waals surface area contributed by atoms with E-state index in [0.717, 1.165) is 11.3 Å². The molecule has 0 aliphatic carbocycles. The highest BCUT2D eigenvalue weighted by Crippen LogP contribution is 2.39. The lowest BCUT2D eigenvalue weighted by Crippen LogP contribution is -2.12. The third-order valence-electron chi connectivity index (χ3n) is 3.29. The molecule has 0 radical (unpaired) electrons. The van der Waals surface area contributed by atoms with Crippen LogP contribution in [0.2, 0.25) is 0 Å². The minimum Gasteiger partial charge on any atom is -0.491 e. The SMILES string of the molecule is CCOCCOCCOc1ccc([C@H]2OC2C(=O)OCC)cc1. The molecule has 1 aliphatic heterocycles. The predicted molar refractivity (Wildman–Crippen MR) is 83.5 cm³/mol. The summed E-state index contributed by atoms with van der Waals surface area (Å²) < 4.78 is 26.4. The molecule has 1 fully saturated rings. The average molecular weight is 324 g/mol. The van der Waals surface area contributed by atoms with Gasteiger partial charge in [-0.15, -0.1) is 0 Å². The number of rotatable bonds is 11. The molecule has 0 aromatic heterocycles. The summed E-state index contributed by atoms with van der Waals surface area (Å²) in [6.45, 7) is 6.98. The van der Waals surface area contributed by atoms with Crippen molar-refractivity contribution >= 4 is 5.97 Å². The van der Waals surface area contributed by atoms with Gasteiger partial charge >= 0.3 is 5.97 Å². The van der Waals surface area contributed by atoms with Gasteiger partial charge in [-0.3, -0.25) is 0 Å². The molecule has 2 rings (SSSR count). The molecule has 6 nitrogen and oxygen atoms in total. The molecular weight excluding hydrogens is 300 g/mol. The van der Waals surface area contributed by atoms with E-state index in [1.54, 1.807) is 6.92 Å². The average Bonchev–Trinajstić information content (AvgIpc) is 3.36. The molecule has 1 unspecified atom stereocenters. The van der Waals surface area contributed by atoms with Crippen LogP contribution < -0.4 is 4.74 Å². The Labute approximate surface area is 136 Å². The van der Waals surface area contributed by atoms with Gasteiger partial charge < -0.3 is 23.7 Å². The van der Waals surface area contributed by atoms with Gasteiger partial charge in [-0.25, -0.2) is 4.79 Å². The number of hydrogen-bond acceptors (Lipinski definition) is 6. The van der Waals surface area contributed by atoms with E-state index in [-0.39, 0.29) is 12.1 Å². The molecule has 1 saturated heterocycles. The van der Waals surface area contributed by atoms with Crippen molar-refractivity contribution in [1.29, 1.82) is 0 Å². The molecule has 1 heterocycles. The van der Waals surface area contributed by atoms with E-state index in [0.29, 0.717) is 39.6 Å². The number of carbonyl (C=O) groups excluding carboxylic acids is 1. The van der Waals surface area contributed by atoms with Crippen molar-refractivity contribution in [2.45, 2.75) is 26.1 Å². The number of carbonyl (C=O) groups is 1. The first kappa shape index (κ1) is 17.7. The number of hydrogen-bond donors (Lipinski definition) is 0. The summed E-state index contributed by atoms with van der Waals surface area (Å²) in [7, 11) is 0. The predicted octanol–water partition coefficient (Wildman–Crippen LogP) is 2.12. The quantitative estimate of drug-likeness (QED) is 0.353. The van der Waals surface area contributed by atoms with E-state index in [1.807, 2.05) is 31.2 Å². The molecule has 6 heteroatoms. The largest absolute Gasteiger partial charge is 0.491 e. The number of benzene rings is 1. The van der Waals surface area contributed by atoms with Crippen LogP contribution in [0.4, 0.5) is 0 Å². The Bertz CT molecular complexity index is 472. The lowest BCUT2D eigenvalue weighted by molar-refractivity contribution is -0.144. The maximum atomic E-state index is 11.5. The monoisotopic (exact) mass is 324 g/mol. The van der Waals surface area contributed by atoms with Crippen molar-refractivity contribution < 1.29 is 28.5 Å². The fourth-order valence-corrected chi connectivity index (χ4v) is 2.11. The van der Waals surface area contributed by atoms with Crippen LogP contribution in [-0.2, 0) is 23.7 Å². The number of esters is 1. The zero-order valence-corrected chi connectivity index (χ0v) is 13.7. The molecule has 1 aromatic rings.